The molecule has 2 aliphatic rings. The highest BCUT2D eigenvalue weighted by molar-refractivity contribution is 7.79. The van der Waals surface area contributed by atoms with Crippen molar-refractivity contribution in [2.24, 2.45) is 0 Å². The Morgan fingerprint density at radius 1 is 1.75 bits per heavy atom. The van der Waals surface area contributed by atoms with E-state index in [0.29, 0.717) is 15.0 Å². The zero-order valence-corrected chi connectivity index (χ0v) is 8.42. The molecule has 70 valence electrons. The van der Waals surface area contributed by atoms with E-state index in [-0.39, 0.29) is 11.9 Å². The van der Waals surface area contributed by atoms with Gasteiger partial charge in [0.15, 0.2) is 11.1 Å². The Bertz CT molecular complexity index is 203. The summed E-state index contributed by atoms with van der Waals surface area (Å²) in [7, 11) is 0.410. The van der Waals surface area contributed by atoms with Crippen molar-refractivity contribution in [3.05, 3.63) is 0 Å². The van der Waals surface area contributed by atoms with Crippen LogP contribution in [0.5, 0.6) is 0 Å². The summed E-state index contributed by atoms with van der Waals surface area (Å²) >= 11 is -1.71. The summed E-state index contributed by atoms with van der Waals surface area (Å²) < 4.78 is 27.0. The second kappa shape index (κ2) is 3.68. The molecule has 6 heteroatoms. The first-order valence-corrected chi connectivity index (χ1v) is 6.16. The number of hydrogen-bond donors (Lipinski definition) is 1. The van der Waals surface area contributed by atoms with Crippen LogP contribution < -0.4 is 0 Å². The maximum absolute atomic E-state index is 10.6. The fraction of sp³-hybridized carbons (Fsp3) is 1.00. The molecule has 0 saturated carbocycles. The Morgan fingerprint density at radius 3 is 3.33 bits per heavy atom. The minimum Gasteiger partial charge on any atom is -0.340 e. The van der Waals surface area contributed by atoms with Crippen molar-refractivity contribution in [1.29, 1.82) is 0 Å². The van der Waals surface area contributed by atoms with Crippen LogP contribution in [-0.4, -0.2) is 37.9 Å². The van der Waals surface area contributed by atoms with Crippen molar-refractivity contribution < 1.29 is 13.3 Å². The van der Waals surface area contributed by atoms with Crippen molar-refractivity contribution in [2.45, 2.75) is 25.0 Å². The van der Waals surface area contributed by atoms with E-state index in [1.54, 1.807) is 0 Å². The Kier molecular flexibility index (Phi) is 2.77. The molecule has 0 aromatic carbocycles. The molecule has 0 amide bonds. The van der Waals surface area contributed by atoms with Crippen molar-refractivity contribution in [3.8, 4) is 0 Å². The lowest BCUT2D eigenvalue weighted by molar-refractivity contribution is 0.235. The van der Waals surface area contributed by atoms with Crippen molar-refractivity contribution in [2.75, 3.05) is 12.3 Å². The summed E-state index contributed by atoms with van der Waals surface area (Å²) in [5.41, 5.74) is 0. The highest BCUT2D eigenvalue weighted by atomic mass is 32.2. The summed E-state index contributed by atoms with van der Waals surface area (Å²) in [5, 5.41) is 0. The maximum Gasteiger partial charge on any atom is 0.155 e. The lowest BCUT2D eigenvalue weighted by atomic mass is 10.1. The third kappa shape index (κ3) is 1.70. The number of nitrogens with zero attached hydrogens (tertiary/aromatic N) is 1. The van der Waals surface area contributed by atoms with Crippen molar-refractivity contribution in [3.63, 3.8) is 0 Å². The molecular formula is C6H12NO3PS. The van der Waals surface area contributed by atoms with E-state index in [9.17, 15) is 4.21 Å². The summed E-state index contributed by atoms with van der Waals surface area (Å²) in [6, 6.07) is 0.416. The first-order chi connectivity index (χ1) is 5.77. The fourth-order valence-corrected chi connectivity index (χ4v) is 3.68. The molecule has 2 aliphatic heterocycles. The van der Waals surface area contributed by atoms with Crippen LogP contribution >= 0.6 is 8.96 Å². The Balaban J connectivity index is 1.95. The molecule has 0 bridgehead atoms. The van der Waals surface area contributed by atoms with Crippen LogP contribution in [0.2, 0.25) is 0 Å². The molecule has 0 spiro atoms. The zero-order valence-electron chi connectivity index (χ0n) is 6.60. The Hall–Kier alpha value is 0.460. The van der Waals surface area contributed by atoms with Gasteiger partial charge in [0.1, 0.15) is 0 Å². The molecule has 12 heavy (non-hydrogen) atoms. The van der Waals surface area contributed by atoms with Gasteiger partial charge in [-0.3, -0.25) is 4.67 Å². The fourth-order valence-electron chi connectivity index (χ4n) is 1.79. The second-order valence-electron chi connectivity index (χ2n) is 3.14. The number of hydrogen-bond acceptors (Lipinski definition) is 3. The minimum absolute atomic E-state index is 0.00309. The largest absolute Gasteiger partial charge is 0.340 e. The van der Waals surface area contributed by atoms with Crippen LogP contribution in [0.4, 0.5) is 0 Å². The van der Waals surface area contributed by atoms with Gasteiger partial charge in [0, 0.05) is 12.6 Å². The van der Waals surface area contributed by atoms with Crippen LogP contribution in [-0.2, 0) is 15.6 Å². The summed E-state index contributed by atoms with van der Waals surface area (Å²) in [6.45, 7) is 1.09. The lowest BCUT2D eigenvalue weighted by Gasteiger charge is -2.14. The molecule has 4 atom stereocenters. The van der Waals surface area contributed by atoms with Gasteiger partial charge in [-0.15, -0.1) is 0 Å². The highest BCUT2D eigenvalue weighted by Gasteiger charge is 2.39. The van der Waals surface area contributed by atoms with Crippen LogP contribution in [0.15, 0.2) is 0 Å². The first-order valence-electron chi connectivity index (χ1n) is 4.03. The van der Waals surface area contributed by atoms with Crippen molar-refractivity contribution >= 4 is 20.0 Å². The van der Waals surface area contributed by atoms with E-state index >= 15 is 0 Å². The minimum atomic E-state index is -1.71. The van der Waals surface area contributed by atoms with Crippen LogP contribution in [0.1, 0.15) is 12.8 Å². The van der Waals surface area contributed by atoms with Crippen LogP contribution in [0.25, 0.3) is 0 Å². The molecular weight excluding hydrogens is 197 g/mol. The molecule has 2 heterocycles. The highest BCUT2D eigenvalue weighted by Crippen LogP contribution is 2.41. The van der Waals surface area contributed by atoms with Gasteiger partial charge < -0.3 is 9.08 Å². The molecule has 2 unspecified atom stereocenters. The molecule has 0 aliphatic carbocycles. The van der Waals surface area contributed by atoms with Gasteiger partial charge in [0.25, 0.3) is 0 Å². The average molecular weight is 209 g/mol. The average Bonchev–Trinajstić information content (AvgIpc) is 2.52. The van der Waals surface area contributed by atoms with E-state index in [4.69, 9.17) is 9.08 Å². The van der Waals surface area contributed by atoms with E-state index in [1.807, 2.05) is 0 Å². The van der Waals surface area contributed by atoms with Gasteiger partial charge in [-0.25, -0.2) is 4.21 Å². The normalized spacial score (nSPS) is 40.4. The van der Waals surface area contributed by atoms with Gasteiger partial charge in [-0.2, -0.15) is 0 Å². The molecule has 1 N–H and O–H groups in total. The monoisotopic (exact) mass is 209 g/mol. The molecule has 0 radical (unpaired) electrons. The Morgan fingerprint density at radius 2 is 2.58 bits per heavy atom. The first kappa shape index (κ1) is 9.03. The van der Waals surface area contributed by atoms with Crippen LogP contribution in [0, 0.1) is 0 Å². The van der Waals surface area contributed by atoms with Crippen LogP contribution in [0.3, 0.4) is 0 Å². The van der Waals surface area contributed by atoms with E-state index in [1.165, 1.54) is 6.42 Å². The van der Waals surface area contributed by atoms with Gasteiger partial charge >= 0.3 is 0 Å². The summed E-state index contributed by atoms with van der Waals surface area (Å²) in [5.74, 6) is 0.272. The second-order valence-corrected chi connectivity index (χ2v) is 5.11. The molecule has 0 aromatic heterocycles. The molecule has 0 aromatic rings. The number of rotatable bonds is 2. The van der Waals surface area contributed by atoms with Gasteiger partial charge in [-0.1, -0.05) is 0 Å². The van der Waals surface area contributed by atoms with Gasteiger partial charge in [-0.05, 0) is 12.8 Å². The predicted molar refractivity (Wildman–Crippen MR) is 48.6 cm³/mol. The van der Waals surface area contributed by atoms with E-state index in [2.05, 4.69) is 4.67 Å². The summed E-state index contributed by atoms with van der Waals surface area (Å²) in [4.78, 5) is 0. The van der Waals surface area contributed by atoms with E-state index in [0.717, 1.165) is 13.0 Å². The number of fused-ring (bicyclic) bond motifs is 1. The lowest BCUT2D eigenvalue weighted by Crippen LogP contribution is -2.31. The molecule has 4 nitrogen and oxygen atoms in total. The topological polar surface area (TPSA) is 49.8 Å². The smallest absolute Gasteiger partial charge is 0.155 e. The van der Waals surface area contributed by atoms with E-state index < -0.39 is 11.1 Å². The summed E-state index contributed by atoms with van der Waals surface area (Å²) in [6.07, 6.45) is 2.32. The quantitative estimate of drug-likeness (QED) is 0.534. The maximum atomic E-state index is 10.6. The Labute approximate surface area is 75.9 Å². The third-order valence-electron chi connectivity index (χ3n) is 2.36. The zero-order chi connectivity index (χ0) is 8.55. The third-order valence-corrected chi connectivity index (χ3v) is 4.17. The standard InChI is InChI=1S/C6H12NO3PS/c8-12(9)4-6-5-2-1-3-7(5)11-10-6/h5-6,11H,1-4H2,(H,8,9)/t5-,6+/m0/s1. The van der Waals surface area contributed by atoms with Crippen molar-refractivity contribution in [1.82, 2.24) is 4.67 Å². The van der Waals surface area contributed by atoms with Gasteiger partial charge in [0.05, 0.1) is 20.8 Å². The van der Waals surface area contributed by atoms with Gasteiger partial charge in [0.2, 0.25) is 0 Å². The SMILES string of the molecule is O=S(O)C[C@H]1OPN2CCC[C@@H]12. The molecule has 2 saturated heterocycles. The predicted octanol–water partition coefficient (Wildman–Crippen LogP) is 0.580. The molecule has 2 rings (SSSR count). The molecule has 2 fully saturated rings.